The molecule has 1 atom stereocenters. The molecule has 0 aromatic heterocycles. The van der Waals surface area contributed by atoms with Crippen molar-refractivity contribution >= 4 is 12.2 Å². The topological polar surface area (TPSA) is 76.7 Å². The van der Waals surface area contributed by atoms with Crippen molar-refractivity contribution in [3.05, 3.63) is 35.9 Å². The molecule has 0 aliphatic rings. The minimum absolute atomic E-state index is 0.426. The Balaban J connectivity index is 2.68. The standard InChI is InChI=1S/C15H22N2O4/c1-15(2,3)21-14(19)17-12(16-13(18)20-4)10-11-8-6-5-7-9-11/h5-9,12H,10H2,1-4H3,(H,16,18)(H,17,19)/t12-/m1/s1. The molecule has 116 valence electrons. The summed E-state index contributed by atoms with van der Waals surface area (Å²) in [4.78, 5) is 23.2. The highest BCUT2D eigenvalue weighted by Crippen LogP contribution is 2.08. The lowest BCUT2D eigenvalue weighted by atomic mass is 10.1. The summed E-state index contributed by atoms with van der Waals surface area (Å²) in [6.07, 6.45) is -1.41. The molecule has 6 heteroatoms. The first-order chi connectivity index (χ1) is 9.80. The van der Waals surface area contributed by atoms with Gasteiger partial charge < -0.3 is 20.1 Å². The van der Waals surface area contributed by atoms with Crippen molar-refractivity contribution in [2.75, 3.05) is 7.11 Å². The molecular formula is C15H22N2O4. The molecule has 0 spiro atoms. The predicted octanol–water partition coefficient (Wildman–Crippen LogP) is 2.44. The van der Waals surface area contributed by atoms with E-state index in [0.717, 1.165) is 5.56 Å². The van der Waals surface area contributed by atoms with Crippen LogP contribution in [-0.4, -0.2) is 31.1 Å². The second-order valence-electron chi connectivity index (χ2n) is 5.52. The predicted molar refractivity (Wildman–Crippen MR) is 78.8 cm³/mol. The first-order valence-electron chi connectivity index (χ1n) is 6.68. The SMILES string of the molecule is COC(=O)N[C@@H](Cc1ccccc1)NC(=O)OC(C)(C)C. The zero-order chi connectivity index (χ0) is 15.9. The number of amides is 2. The van der Waals surface area contributed by atoms with E-state index in [1.54, 1.807) is 20.8 Å². The van der Waals surface area contributed by atoms with Gasteiger partial charge >= 0.3 is 12.2 Å². The van der Waals surface area contributed by atoms with E-state index in [1.807, 2.05) is 30.3 Å². The third-order valence-electron chi connectivity index (χ3n) is 2.45. The Morgan fingerprint density at radius 3 is 2.19 bits per heavy atom. The Morgan fingerprint density at radius 1 is 1.10 bits per heavy atom. The maximum absolute atomic E-state index is 11.8. The number of alkyl carbamates (subject to hydrolysis) is 2. The normalized spacial score (nSPS) is 12.2. The molecule has 0 aliphatic heterocycles. The highest BCUT2D eigenvalue weighted by Gasteiger charge is 2.21. The van der Waals surface area contributed by atoms with Gasteiger partial charge in [-0.05, 0) is 26.3 Å². The van der Waals surface area contributed by atoms with Crippen LogP contribution < -0.4 is 10.6 Å². The van der Waals surface area contributed by atoms with Gasteiger partial charge in [0.25, 0.3) is 0 Å². The van der Waals surface area contributed by atoms with Gasteiger partial charge in [0.15, 0.2) is 0 Å². The van der Waals surface area contributed by atoms with Crippen LogP contribution in [-0.2, 0) is 15.9 Å². The highest BCUT2D eigenvalue weighted by molar-refractivity contribution is 5.71. The Kier molecular flexibility index (Phi) is 6.02. The molecule has 0 saturated carbocycles. The summed E-state index contributed by atoms with van der Waals surface area (Å²) >= 11 is 0. The van der Waals surface area contributed by atoms with Crippen molar-refractivity contribution in [1.29, 1.82) is 0 Å². The third kappa shape index (κ3) is 7.20. The Hall–Kier alpha value is -2.24. The van der Waals surface area contributed by atoms with E-state index in [2.05, 4.69) is 15.4 Å². The van der Waals surface area contributed by atoms with Gasteiger partial charge in [-0.15, -0.1) is 0 Å². The highest BCUT2D eigenvalue weighted by atomic mass is 16.6. The monoisotopic (exact) mass is 294 g/mol. The number of methoxy groups -OCH3 is 1. The fraction of sp³-hybridized carbons (Fsp3) is 0.467. The van der Waals surface area contributed by atoms with Gasteiger partial charge in [0.1, 0.15) is 11.8 Å². The van der Waals surface area contributed by atoms with Crippen LogP contribution >= 0.6 is 0 Å². The van der Waals surface area contributed by atoms with Gasteiger partial charge in [-0.2, -0.15) is 0 Å². The van der Waals surface area contributed by atoms with E-state index in [0.29, 0.717) is 6.42 Å². The van der Waals surface area contributed by atoms with Crippen LogP contribution in [0.3, 0.4) is 0 Å². The fourth-order valence-corrected chi connectivity index (χ4v) is 1.64. The number of nitrogens with one attached hydrogen (secondary N) is 2. The number of benzene rings is 1. The molecule has 0 aliphatic carbocycles. The van der Waals surface area contributed by atoms with E-state index >= 15 is 0 Å². The molecule has 6 nitrogen and oxygen atoms in total. The smallest absolute Gasteiger partial charge is 0.409 e. The van der Waals surface area contributed by atoms with Crippen LogP contribution in [0.1, 0.15) is 26.3 Å². The van der Waals surface area contributed by atoms with E-state index in [9.17, 15) is 9.59 Å². The number of hydrogen-bond donors (Lipinski definition) is 2. The minimum Gasteiger partial charge on any atom is -0.453 e. The number of carbonyl (C=O) groups excluding carboxylic acids is 2. The summed E-state index contributed by atoms with van der Waals surface area (Å²) in [5.41, 5.74) is 0.363. The van der Waals surface area contributed by atoms with Crippen molar-refractivity contribution in [2.45, 2.75) is 39.0 Å². The van der Waals surface area contributed by atoms with Crippen LogP contribution in [0.2, 0.25) is 0 Å². The van der Waals surface area contributed by atoms with Crippen LogP contribution in [0.4, 0.5) is 9.59 Å². The molecule has 0 unspecified atom stereocenters. The minimum atomic E-state index is -0.619. The lowest BCUT2D eigenvalue weighted by molar-refractivity contribution is 0.0494. The lowest BCUT2D eigenvalue weighted by Gasteiger charge is -2.24. The molecule has 21 heavy (non-hydrogen) atoms. The number of rotatable bonds is 4. The molecule has 0 bridgehead atoms. The van der Waals surface area contributed by atoms with Gasteiger partial charge in [-0.25, -0.2) is 9.59 Å². The van der Waals surface area contributed by atoms with Crippen molar-refractivity contribution in [3.8, 4) is 0 Å². The van der Waals surface area contributed by atoms with Crippen LogP contribution in [0, 0.1) is 0 Å². The maximum atomic E-state index is 11.8. The molecule has 2 amide bonds. The summed E-state index contributed by atoms with van der Waals surface area (Å²) in [6, 6.07) is 9.48. The first kappa shape index (κ1) is 16.8. The third-order valence-corrected chi connectivity index (χ3v) is 2.45. The average Bonchev–Trinajstić information content (AvgIpc) is 2.37. The lowest BCUT2D eigenvalue weighted by Crippen LogP contribution is -2.50. The molecule has 0 fully saturated rings. The van der Waals surface area contributed by atoms with E-state index in [1.165, 1.54) is 7.11 Å². The van der Waals surface area contributed by atoms with E-state index < -0.39 is 24.0 Å². The van der Waals surface area contributed by atoms with Gasteiger partial charge in [-0.3, -0.25) is 0 Å². The molecule has 0 heterocycles. The zero-order valence-electron chi connectivity index (χ0n) is 12.8. The second-order valence-corrected chi connectivity index (χ2v) is 5.52. The van der Waals surface area contributed by atoms with Gasteiger partial charge in [0.05, 0.1) is 7.11 Å². The van der Waals surface area contributed by atoms with Crippen molar-refractivity contribution in [3.63, 3.8) is 0 Å². The zero-order valence-corrected chi connectivity index (χ0v) is 12.8. The largest absolute Gasteiger partial charge is 0.453 e. The molecule has 1 aromatic rings. The molecule has 1 rings (SSSR count). The summed E-state index contributed by atoms with van der Waals surface area (Å²) < 4.78 is 9.74. The van der Waals surface area contributed by atoms with Crippen molar-refractivity contribution in [1.82, 2.24) is 10.6 Å². The summed E-state index contributed by atoms with van der Waals surface area (Å²) in [5, 5.41) is 5.17. The first-order valence-corrected chi connectivity index (χ1v) is 6.68. The Bertz CT molecular complexity index is 468. The quantitative estimate of drug-likeness (QED) is 0.836. The number of ether oxygens (including phenoxy) is 2. The van der Waals surface area contributed by atoms with Crippen molar-refractivity contribution in [2.24, 2.45) is 0 Å². The van der Waals surface area contributed by atoms with E-state index in [4.69, 9.17) is 4.74 Å². The Labute approximate surface area is 124 Å². The number of hydrogen-bond acceptors (Lipinski definition) is 4. The molecule has 0 radical (unpaired) electrons. The van der Waals surface area contributed by atoms with Crippen LogP contribution in [0.5, 0.6) is 0 Å². The molecule has 1 aromatic carbocycles. The van der Waals surface area contributed by atoms with Crippen LogP contribution in [0.25, 0.3) is 0 Å². The maximum Gasteiger partial charge on any atom is 0.409 e. The Morgan fingerprint density at radius 2 is 1.67 bits per heavy atom. The van der Waals surface area contributed by atoms with Crippen molar-refractivity contribution < 1.29 is 19.1 Å². The van der Waals surface area contributed by atoms with Gasteiger partial charge in [-0.1, -0.05) is 30.3 Å². The van der Waals surface area contributed by atoms with Gasteiger partial charge in [0.2, 0.25) is 0 Å². The molecule has 2 N–H and O–H groups in total. The summed E-state index contributed by atoms with van der Waals surface area (Å²) in [6.45, 7) is 5.31. The fourth-order valence-electron chi connectivity index (χ4n) is 1.64. The second kappa shape index (κ2) is 7.52. The summed E-state index contributed by atoms with van der Waals surface area (Å²) in [7, 11) is 1.27. The van der Waals surface area contributed by atoms with Gasteiger partial charge in [0, 0.05) is 6.42 Å². The van der Waals surface area contributed by atoms with Crippen LogP contribution in [0.15, 0.2) is 30.3 Å². The molecule has 0 saturated heterocycles. The average molecular weight is 294 g/mol. The van der Waals surface area contributed by atoms with E-state index in [-0.39, 0.29) is 0 Å². The number of carbonyl (C=O) groups is 2. The summed E-state index contributed by atoms with van der Waals surface area (Å²) in [5.74, 6) is 0. The molecular weight excluding hydrogens is 272 g/mol.